The first-order valence-corrected chi connectivity index (χ1v) is 8.52. The Labute approximate surface area is 142 Å². The lowest BCUT2D eigenvalue weighted by atomic mass is 10.1. The van der Waals surface area contributed by atoms with Gasteiger partial charge in [0.05, 0.1) is 20.4 Å². The SMILES string of the molecule is CC(O)(C(=O)Nc1ccc(S(=O)(=O)C(C)(C)C)cc1Cl)C(F)(F)F. The Morgan fingerprint density at radius 2 is 1.67 bits per heavy atom. The van der Waals surface area contributed by atoms with E-state index in [0.29, 0.717) is 6.92 Å². The number of benzene rings is 1. The fourth-order valence-electron chi connectivity index (χ4n) is 1.49. The van der Waals surface area contributed by atoms with Crippen LogP contribution < -0.4 is 5.32 Å². The van der Waals surface area contributed by atoms with Crippen LogP contribution in [-0.2, 0) is 14.6 Å². The van der Waals surface area contributed by atoms with E-state index in [9.17, 15) is 31.5 Å². The number of hydrogen-bond donors (Lipinski definition) is 2. The average molecular weight is 388 g/mol. The molecule has 1 amide bonds. The first-order chi connectivity index (χ1) is 10.5. The maximum Gasteiger partial charge on any atom is 0.426 e. The van der Waals surface area contributed by atoms with Crippen LogP contribution in [0.4, 0.5) is 18.9 Å². The normalized spacial score (nSPS) is 15.7. The third-order valence-electron chi connectivity index (χ3n) is 3.30. The first-order valence-electron chi connectivity index (χ1n) is 6.66. The number of hydrogen-bond acceptors (Lipinski definition) is 4. The number of rotatable bonds is 3. The lowest BCUT2D eigenvalue weighted by molar-refractivity contribution is -0.242. The van der Waals surface area contributed by atoms with Crippen molar-refractivity contribution in [3.8, 4) is 0 Å². The second-order valence-corrected chi connectivity index (χ2v) is 9.39. The molecule has 24 heavy (non-hydrogen) atoms. The van der Waals surface area contributed by atoms with Gasteiger partial charge in [0, 0.05) is 0 Å². The van der Waals surface area contributed by atoms with Gasteiger partial charge in [0.25, 0.3) is 5.91 Å². The largest absolute Gasteiger partial charge is 0.426 e. The van der Waals surface area contributed by atoms with Gasteiger partial charge in [-0.15, -0.1) is 0 Å². The molecule has 1 aromatic carbocycles. The molecule has 1 aromatic rings. The van der Waals surface area contributed by atoms with Crippen molar-refractivity contribution in [1.82, 2.24) is 0 Å². The van der Waals surface area contributed by atoms with Crippen LogP contribution in [0.3, 0.4) is 0 Å². The van der Waals surface area contributed by atoms with Crippen LogP contribution >= 0.6 is 11.6 Å². The van der Waals surface area contributed by atoms with E-state index in [4.69, 9.17) is 11.6 Å². The van der Waals surface area contributed by atoms with Crippen molar-refractivity contribution in [1.29, 1.82) is 0 Å². The highest BCUT2D eigenvalue weighted by molar-refractivity contribution is 7.92. The van der Waals surface area contributed by atoms with Gasteiger partial charge < -0.3 is 10.4 Å². The van der Waals surface area contributed by atoms with Crippen LogP contribution in [0.25, 0.3) is 0 Å². The standard InChI is InChI=1S/C14H17ClF3NO4S/c1-12(2,3)24(22,23)8-5-6-10(9(15)7-8)19-11(20)13(4,21)14(16,17)18/h5-7,21H,1-4H3,(H,19,20). The van der Waals surface area contributed by atoms with Crippen LogP contribution in [0.15, 0.2) is 23.1 Å². The van der Waals surface area contributed by atoms with E-state index in [0.717, 1.165) is 18.2 Å². The topological polar surface area (TPSA) is 83.5 Å². The number of alkyl halides is 3. The molecule has 0 fully saturated rings. The molecule has 1 unspecified atom stereocenters. The van der Waals surface area contributed by atoms with Gasteiger partial charge in [-0.1, -0.05) is 11.6 Å². The van der Waals surface area contributed by atoms with Gasteiger partial charge in [-0.2, -0.15) is 13.2 Å². The zero-order valence-corrected chi connectivity index (χ0v) is 14.9. The quantitative estimate of drug-likeness (QED) is 0.834. The molecule has 0 aliphatic carbocycles. The van der Waals surface area contributed by atoms with Gasteiger partial charge in [0.1, 0.15) is 0 Å². The Balaban J connectivity index is 3.18. The summed E-state index contributed by atoms with van der Waals surface area (Å²) in [5.74, 6) is -1.73. The Bertz CT molecular complexity index is 752. The van der Waals surface area contributed by atoms with E-state index in [1.165, 1.54) is 20.8 Å². The van der Waals surface area contributed by atoms with Crippen LogP contribution in [0.2, 0.25) is 5.02 Å². The van der Waals surface area contributed by atoms with E-state index in [-0.39, 0.29) is 15.6 Å². The van der Waals surface area contributed by atoms with E-state index < -0.39 is 32.3 Å². The fourth-order valence-corrected chi connectivity index (χ4v) is 3.01. The van der Waals surface area contributed by atoms with Gasteiger partial charge in [0.2, 0.25) is 5.60 Å². The van der Waals surface area contributed by atoms with Gasteiger partial charge in [-0.3, -0.25) is 4.79 Å². The molecule has 0 saturated heterocycles. The second kappa shape index (κ2) is 6.20. The molecule has 0 spiro atoms. The summed E-state index contributed by atoms with van der Waals surface area (Å²) in [6.45, 7) is 4.74. The molecule has 0 radical (unpaired) electrons. The smallest absolute Gasteiger partial charge is 0.373 e. The molecule has 1 rings (SSSR count). The molecule has 2 N–H and O–H groups in total. The fraction of sp³-hybridized carbons (Fsp3) is 0.500. The van der Waals surface area contributed by atoms with E-state index in [1.807, 2.05) is 5.32 Å². The lowest BCUT2D eigenvalue weighted by Gasteiger charge is -2.25. The van der Waals surface area contributed by atoms with Crippen molar-refractivity contribution in [2.75, 3.05) is 5.32 Å². The summed E-state index contributed by atoms with van der Waals surface area (Å²) < 4.78 is 61.3. The highest BCUT2D eigenvalue weighted by Gasteiger charge is 2.55. The monoisotopic (exact) mass is 387 g/mol. The van der Waals surface area contributed by atoms with Crippen molar-refractivity contribution in [2.24, 2.45) is 0 Å². The Hall–Kier alpha value is -1.32. The van der Waals surface area contributed by atoms with Crippen LogP contribution in [0, 0.1) is 0 Å². The Morgan fingerprint density at radius 1 is 1.17 bits per heavy atom. The van der Waals surface area contributed by atoms with Crippen molar-refractivity contribution in [3.63, 3.8) is 0 Å². The van der Waals surface area contributed by atoms with Crippen LogP contribution in [-0.4, -0.2) is 36.0 Å². The van der Waals surface area contributed by atoms with E-state index in [1.54, 1.807) is 0 Å². The average Bonchev–Trinajstić information content (AvgIpc) is 2.38. The van der Waals surface area contributed by atoms with Crippen LogP contribution in [0.5, 0.6) is 0 Å². The third kappa shape index (κ3) is 3.84. The third-order valence-corrected chi connectivity index (χ3v) is 6.10. The molecule has 5 nitrogen and oxygen atoms in total. The second-order valence-electron chi connectivity index (χ2n) is 6.28. The van der Waals surface area contributed by atoms with Crippen LogP contribution in [0.1, 0.15) is 27.7 Å². The number of aliphatic hydroxyl groups is 1. The predicted molar refractivity (Wildman–Crippen MR) is 83.7 cm³/mol. The number of nitrogens with one attached hydrogen (secondary N) is 1. The summed E-state index contributed by atoms with van der Waals surface area (Å²) in [6, 6.07) is 3.20. The summed E-state index contributed by atoms with van der Waals surface area (Å²) in [5, 5.41) is 10.9. The van der Waals surface area contributed by atoms with Crippen molar-refractivity contribution < 1.29 is 31.5 Å². The summed E-state index contributed by atoms with van der Waals surface area (Å²) in [4.78, 5) is 11.5. The molecule has 0 aromatic heterocycles. The van der Waals surface area contributed by atoms with Crippen molar-refractivity contribution in [3.05, 3.63) is 23.2 Å². The predicted octanol–water partition coefficient (Wildman–Crippen LogP) is 3.16. The number of amides is 1. The summed E-state index contributed by atoms with van der Waals surface area (Å²) in [7, 11) is -3.72. The Kier molecular flexibility index (Phi) is 5.35. The summed E-state index contributed by atoms with van der Waals surface area (Å²) in [5.41, 5.74) is -3.87. The minimum atomic E-state index is -5.18. The number of carbonyl (C=O) groups is 1. The molecule has 0 aliphatic heterocycles. The number of anilines is 1. The molecule has 136 valence electrons. The molecular weight excluding hydrogens is 371 g/mol. The highest BCUT2D eigenvalue weighted by atomic mass is 35.5. The molecule has 0 saturated carbocycles. The molecular formula is C14H17ClF3NO4S. The van der Waals surface area contributed by atoms with Gasteiger partial charge in [-0.25, -0.2) is 8.42 Å². The minimum Gasteiger partial charge on any atom is -0.373 e. The Morgan fingerprint density at radius 3 is 2.04 bits per heavy atom. The van der Waals surface area contributed by atoms with Gasteiger partial charge >= 0.3 is 6.18 Å². The summed E-state index contributed by atoms with van der Waals surface area (Å²) in [6.07, 6.45) is -5.18. The molecule has 0 heterocycles. The molecule has 10 heteroatoms. The maximum absolute atomic E-state index is 12.6. The zero-order valence-electron chi connectivity index (χ0n) is 13.3. The van der Waals surface area contributed by atoms with E-state index >= 15 is 0 Å². The summed E-state index contributed by atoms with van der Waals surface area (Å²) >= 11 is 5.85. The minimum absolute atomic E-state index is 0.138. The number of sulfone groups is 1. The maximum atomic E-state index is 12.6. The van der Waals surface area contributed by atoms with Crippen molar-refractivity contribution in [2.45, 2.75) is 49.1 Å². The zero-order chi connectivity index (χ0) is 19.1. The van der Waals surface area contributed by atoms with Gasteiger partial charge in [0.15, 0.2) is 9.84 Å². The highest BCUT2D eigenvalue weighted by Crippen LogP contribution is 2.34. The molecule has 1 atom stereocenters. The lowest BCUT2D eigenvalue weighted by Crippen LogP contribution is -2.52. The van der Waals surface area contributed by atoms with E-state index in [2.05, 4.69) is 0 Å². The molecule has 0 bridgehead atoms. The van der Waals surface area contributed by atoms with Gasteiger partial charge in [-0.05, 0) is 45.9 Å². The first kappa shape index (κ1) is 20.7. The molecule has 0 aliphatic rings. The van der Waals surface area contributed by atoms with Crippen molar-refractivity contribution >= 4 is 33.0 Å². The number of halogens is 4. The number of carbonyl (C=O) groups excluding carboxylic acids is 1.